The molecule has 0 atom stereocenters. The number of nitrogens with zero attached hydrogens (tertiary/aromatic N) is 1. The summed E-state index contributed by atoms with van der Waals surface area (Å²) in [5, 5.41) is 3.52. The summed E-state index contributed by atoms with van der Waals surface area (Å²) in [7, 11) is 3.83. The molecule has 2 rings (SSSR count). The summed E-state index contributed by atoms with van der Waals surface area (Å²) < 4.78 is 5.08. The molecular formula is C14H22N2O. The molecule has 0 spiro atoms. The minimum absolute atomic E-state index is 0.765. The van der Waals surface area contributed by atoms with Gasteiger partial charge in [0.2, 0.25) is 0 Å². The van der Waals surface area contributed by atoms with Gasteiger partial charge in [0.15, 0.2) is 0 Å². The van der Waals surface area contributed by atoms with Gasteiger partial charge in [-0.3, -0.25) is 0 Å². The Morgan fingerprint density at radius 1 is 1.29 bits per heavy atom. The zero-order valence-corrected chi connectivity index (χ0v) is 10.8. The van der Waals surface area contributed by atoms with Gasteiger partial charge in [0.1, 0.15) is 0 Å². The van der Waals surface area contributed by atoms with Crippen LogP contribution in [0, 0.1) is 0 Å². The number of methoxy groups -OCH3 is 1. The quantitative estimate of drug-likeness (QED) is 0.781. The van der Waals surface area contributed by atoms with E-state index in [4.69, 9.17) is 4.74 Å². The molecule has 1 aromatic rings. The number of benzene rings is 1. The van der Waals surface area contributed by atoms with E-state index in [1.54, 1.807) is 7.11 Å². The van der Waals surface area contributed by atoms with Gasteiger partial charge in [0.05, 0.1) is 6.61 Å². The zero-order valence-electron chi connectivity index (χ0n) is 10.8. The van der Waals surface area contributed by atoms with Gasteiger partial charge in [-0.2, -0.15) is 0 Å². The maximum absolute atomic E-state index is 5.08. The smallest absolute Gasteiger partial charge is 0.0637 e. The van der Waals surface area contributed by atoms with E-state index >= 15 is 0 Å². The fourth-order valence-corrected chi connectivity index (χ4v) is 1.78. The molecule has 0 aliphatic heterocycles. The Morgan fingerprint density at radius 2 is 2.00 bits per heavy atom. The molecule has 1 aliphatic rings. The molecule has 0 amide bonds. The Hall–Kier alpha value is -1.06. The van der Waals surface area contributed by atoms with E-state index in [1.165, 1.54) is 24.1 Å². The maximum atomic E-state index is 5.08. The number of anilines is 1. The SMILES string of the molecule is COCCN(C)c1ccc(CNC2CC2)cc1. The summed E-state index contributed by atoms with van der Waals surface area (Å²) in [5.74, 6) is 0. The van der Waals surface area contributed by atoms with Crippen molar-refractivity contribution in [3.63, 3.8) is 0 Å². The van der Waals surface area contributed by atoms with Crippen LogP contribution in [-0.2, 0) is 11.3 Å². The second kappa shape index (κ2) is 6.03. The highest BCUT2D eigenvalue weighted by Gasteiger charge is 2.19. The molecule has 3 heteroatoms. The summed E-state index contributed by atoms with van der Waals surface area (Å²) in [4.78, 5) is 2.21. The number of hydrogen-bond donors (Lipinski definition) is 1. The van der Waals surface area contributed by atoms with Crippen LogP contribution in [0.2, 0.25) is 0 Å². The molecule has 17 heavy (non-hydrogen) atoms. The molecule has 1 N–H and O–H groups in total. The van der Waals surface area contributed by atoms with Gasteiger partial charge in [-0.1, -0.05) is 12.1 Å². The first kappa shape index (κ1) is 12.4. The van der Waals surface area contributed by atoms with Crippen molar-refractivity contribution in [2.24, 2.45) is 0 Å². The molecule has 0 unspecified atom stereocenters. The van der Waals surface area contributed by atoms with Crippen LogP contribution in [0.15, 0.2) is 24.3 Å². The van der Waals surface area contributed by atoms with Gasteiger partial charge >= 0.3 is 0 Å². The van der Waals surface area contributed by atoms with Crippen molar-refractivity contribution in [3.05, 3.63) is 29.8 Å². The van der Waals surface area contributed by atoms with Crippen molar-refractivity contribution >= 4 is 5.69 Å². The highest BCUT2D eigenvalue weighted by Crippen LogP contribution is 2.20. The summed E-state index contributed by atoms with van der Waals surface area (Å²) in [6.45, 7) is 2.68. The van der Waals surface area contributed by atoms with E-state index in [0.29, 0.717) is 0 Å². The van der Waals surface area contributed by atoms with Gasteiger partial charge in [0, 0.05) is 39.0 Å². The molecule has 1 fully saturated rings. The second-order valence-electron chi connectivity index (χ2n) is 4.74. The molecule has 0 bridgehead atoms. The van der Waals surface area contributed by atoms with Crippen LogP contribution in [-0.4, -0.2) is 33.4 Å². The molecule has 1 aromatic carbocycles. The average molecular weight is 234 g/mol. The molecule has 0 aromatic heterocycles. The normalized spacial score (nSPS) is 14.9. The average Bonchev–Trinajstić information content (AvgIpc) is 3.18. The van der Waals surface area contributed by atoms with Gasteiger partial charge in [-0.05, 0) is 30.5 Å². The molecule has 3 nitrogen and oxygen atoms in total. The number of hydrogen-bond acceptors (Lipinski definition) is 3. The van der Waals surface area contributed by atoms with E-state index in [2.05, 4.69) is 41.5 Å². The van der Waals surface area contributed by atoms with Crippen molar-refractivity contribution in [2.75, 3.05) is 32.2 Å². The molecule has 1 aliphatic carbocycles. The topological polar surface area (TPSA) is 24.5 Å². The van der Waals surface area contributed by atoms with E-state index in [9.17, 15) is 0 Å². The largest absolute Gasteiger partial charge is 0.383 e. The molecule has 0 heterocycles. The standard InChI is InChI=1S/C14H22N2O/c1-16(9-10-17-2)14-7-3-12(4-8-14)11-15-13-5-6-13/h3-4,7-8,13,15H,5-6,9-11H2,1-2H3. The first-order valence-electron chi connectivity index (χ1n) is 6.32. The third-order valence-corrected chi connectivity index (χ3v) is 3.18. The van der Waals surface area contributed by atoms with Crippen LogP contribution in [0.25, 0.3) is 0 Å². The second-order valence-corrected chi connectivity index (χ2v) is 4.74. The van der Waals surface area contributed by atoms with E-state index < -0.39 is 0 Å². The van der Waals surface area contributed by atoms with Gasteiger partial charge in [-0.15, -0.1) is 0 Å². The van der Waals surface area contributed by atoms with Crippen LogP contribution in [0.1, 0.15) is 18.4 Å². The van der Waals surface area contributed by atoms with Crippen LogP contribution in [0.5, 0.6) is 0 Å². The zero-order chi connectivity index (χ0) is 12.1. The minimum Gasteiger partial charge on any atom is -0.383 e. The number of ether oxygens (including phenoxy) is 1. The Morgan fingerprint density at radius 3 is 2.59 bits per heavy atom. The summed E-state index contributed by atoms with van der Waals surface area (Å²) >= 11 is 0. The molecule has 1 saturated carbocycles. The lowest BCUT2D eigenvalue weighted by molar-refractivity contribution is 0.206. The predicted molar refractivity (Wildman–Crippen MR) is 71.4 cm³/mol. The Bertz CT molecular complexity index is 333. The fourth-order valence-electron chi connectivity index (χ4n) is 1.78. The van der Waals surface area contributed by atoms with Gasteiger partial charge < -0.3 is 15.0 Å². The molecular weight excluding hydrogens is 212 g/mol. The third kappa shape index (κ3) is 4.02. The Kier molecular flexibility index (Phi) is 4.40. The van der Waals surface area contributed by atoms with Crippen molar-refractivity contribution in [1.29, 1.82) is 0 Å². The lowest BCUT2D eigenvalue weighted by Crippen LogP contribution is -2.22. The lowest BCUT2D eigenvalue weighted by Gasteiger charge is -2.19. The van der Waals surface area contributed by atoms with Crippen LogP contribution >= 0.6 is 0 Å². The molecule has 0 radical (unpaired) electrons. The summed E-state index contributed by atoms with van der Waals surface area (Å²) in [5.41, 5.74) is 2.61. The predicted octanol–water partition coefficient (Wildman–Crippen LogP) is 2.02. The third-order valence-electron chi connectivity index (χ3n) is 3.18. The Balaban J connectivity index is 1.82. The van der Waals surface area contributed by atoms with Crippen LogP contribution in [0.4, 0.5) is 5.69 Å². The van der Waals surface area contributed by atoms with Crippen molar-refractivity contribution in [1.82, 2.24) is 5.32 Å². The highest BCUT2D eigenvalue weighted by atomic mass is 16.5. The van der Waals surface area contributed by atoms with E-state index in [-0.39, 0.29) is 0 Å². The lowest BCUT2D eigenvalue weighted by atomic mass is 10.2. The number of rotatable bonds is 7. The fraction of sp³-hybridized carbons (Fsp3) is 0.571. The van der Waals surface area contributed by atoms with Crippen molar-refractivity contribution in [3.8, 4) is 0 Å². The summed E-state index contributed by atoms with van der Waals surface area (Å²) in [6.07, 6.45) is 2.69. The monoisotopic (exact) mass is 234 g/mol. The Labute approximate surface area is 104 Å². The van der Waals surface area contributed by atoms with Gasteiger partial charge in [0.25, 0.3) is 0 Å². The van der Waals surface area contributed by atoms with Crippen molar-refractivity contribution in [2.45, 2.75) is 25.4 Å². The number of likely N-dealkylation sites (N-methyl/N-ethyl adjacent to an activating group) is 1. The number of nitrogens with one attached hydrogen (secondary N) is 1. The van der Waals surface area contributed by atoms with Gasteiger partial charge in [-0.25, -0.2) is 0 Å². The maximum Gasteiger partial charge on any atom is 0.0637 e. The van der Waals surface area contributed by atoms with Crippen LogP contribution < -0.4 is 10.2 Å². The highest BCUT2D eigenvalue weighted by molar-refractivity contribution is 5.46. The summed E-state index contributed by atoms with van der Waals surface area (Å²) in [6, 6.07) is 9.54. The van der Waals surface area contributed by atoms with E-state index in [0.717, 1.165) is 25.7 Å². The minimum atomic E-state index is 0.765. The van der Waals surface area contributed by atoms with E-state index in [1.807, 2.05) is 0 Å². The molecule has 0 saturated heterocycles. The van der Waals surface area contributed by atoms with Crippen molar-refractivity contribution < 1.29 is 4.74 Å². The first-order valence-corrected chi connectivity index (χ1v) is 6.32. The molecule has 94 valence electrons. The first-order chi connectivity index (χ1) is 8.29. The van der Waals surface area contributed by atoms with Crippen LogP contribution in [0.3, 0.4) is 0 Å².